The lowest BCUT2D eigenvalue weighted by molar-refractivity contribution is 0.586. The van der Waals surface area contributed by atoms with Crippen molar-refractivity contribution in [3.63, 3.8) is 0 Å². The average Bonchev–Trinajstić information content (AvgIpc) is 2.74. The van der Waals surface area contributed by atoms with Crippen molar-refractivity contribution in [2.45, 2.75) is 146 Å². The summed E-state index contributed by atoms with van der Waals surface area (Å²) in [5, 5.41) is 0. The van der Waals surface area contributed by atoms with Crippen molar-refractivity contribution < 1.29 is 15.1 Å². The van der Waals surface area contributed by atoms with Crippen LogP contribution in [-0.4, -0.2) is 0 Å². The first kappa shape index (κ1) is 17.8. The molecular formula is C34H58. The Morgan fingerprint density at radius 2 is 0.912 bits per heavy atom. The first-order valence-corrected chi connectivity index (χ1v) is 11.8. The molecule has 0 radical (unpaired) electrons. The molecule has 2 aromatic rings. The van der Waals surface area contributed by atoms with Crippen LogP contribution in [0.15, 0.2) is 24.3 Å². The average molecular weight is 478 g/mol. The van der Waals surface area contributed by atoms with Gasteiger partial charge in [0, 0.05) is 15.1 Å². The molecular weight excluding hydrogens is 408 g/mol. The van der Waals surface area contributed by atoms with Crippen LogP contribution in [-0.2, 0) is 5.41 Å². The first-order valence-electron chi connectivity index (χ1n) is 17.3. The Hall–Kier alpha value is -1.56. The molecule has 0 heteroatoms. The van der Waals surface area contributed by atoms with Gasteiger partial charge in [-0.15, -0.1) is 0 Å². The van der Waals surface area contributed by atoms with Crippen molar-refractivity contribution in [2.75, 3.05) is 0 Å². The van der Waals surface area contributed by atoms with Crippen LogP contribution >= 0.6 is 0 Å². The Morgan fingerprint density at radius 3 is 1.15 bits per heavy atom. The SMILES string of the molecule is C.[2H]C(C)(C)c1cc(C(C)(C)C)cc(C([2H])(C)C)c1C.[2H]C(C)(C)c1cc(C([2H])(C)C([2H])([2H])[2H])c(C)c(C([2H])(C)C([2H])([2H])[2H])c1. The van der Waals surface area contributed by atoms with E-state index >= 15 is 0 Å². The van der Waals surface area contributed by atoms with Crippen LogP contribution in [0.2, 0.25) is 0 Å². The van der Waals surface area contributed by atoms with Crippen LogP contribution < -0.4 is 0 Å². The van der Waals surface area contributed by atoms with Crippen molar-refractivity contribution >= 4 is 0 Å². The minimum Gasteiger partial charge on any atom is -0.0776 e. The summed E-state index contributed by atoms with van der Waals surface area (Å²) < 4.78 is 87.9. The fourth-order valence-corrected chi connectivity index (χ4v) is 3.97. The highest BCUT2D eigenvalue weighted by Crippen LogP contribution is 2.34. The minimum atomic E-state index is -2.64. The third kappa shape index (κ3) is 8.28. The summed E-state index contributed by atoms with van der Waals surface area (Å²) in [6.45, 7) is 18.2. The zero-order chi connectivity index (χ0) is 35.4. The van der Waals surface area contributed by atoms with Crippen LogP contribution in [0, 0.1) is 13.8 Å². The maximum absolute atomic E-state index is 8.39. The molecule has 2 aromatic carbocycles. The molecule has 0 nitrogen and oxygen atoms in total. The summed E-state index contributed by atoms with van der Waals surface area (Å²) in [5.74, 6) is -6.38. The van der Waals surface area contributed by atoms with Gasteiger partial charge >= 0.3 is 0 Å². The molecule has 194 valence electrons. The molecule has 2 rings (SSSR count). The highest BCUT2D eigenvalue weighted by molar-refractivity contribution is 5.44. The molecule has 0 spiro atoms. The van der Waals surface area contributed by atoms with Gasteiger partial charge in [-0.1, -0.05) is 122 Å². The van der Waals surface area contributed by atoms with E-state index < -0.39 is 43.2 Å². The van der Waals surface area contributed by atoms with E-state index in [0.29, 0.717) is 11.1 Å². The standard InChI is InChI=1S/C17H28.C16H26.CH4/c1-11(2)15-9-14(17(6,7)8)10-16(12(3)4)13(15)5;1-10(2)14-8-15(11(3)4)13(7)16(9-14)12(5)6;/h9-12H,1-8H3;8-12H,1-7H3;1H4/i11D,12D;3D3,5D3,10D,11D,12D;. The molecule has 34 heavy (non-hydrogen) atoms. The fraction of sp³-hybridized carbons (Fsp3) is 0.647. The van der Waals surface area contributed by atoms with Gasteiger partial charge in [-0.25, -0.2) is 0 Å². The zero-order valence-electron chi connectivity index (χ0n) is 34.3. The second-order valence-corrected chi connectivity index (χ2v) is 10.9. The van der Waals surface area contributed by atoms with Gasteiger partial charge < -0.3 is 0 Å². The maximum Gasteiger partial charge on any atom is 0.0347 e. The topological polar surface area (TPSA) is 0 Å². The fourth-order valence-electron chi connectivity index (χ4n) is 3.97. The van der Waals surface area contributed by atoms with Crippen molar-refractivity contribution in [1.29, 1.82) is 0 Å². The smallest absolute Gasteiger partial charge is 0.0347 e. The van der Waals surface area contributed by atoms with Gasteiger partial charge in [0.15, 0.2) is 0 Å². The lowest BCUT2D eigenvalue weighted by Gasteiger charge is -2.25. The van der Waals surface area contributed by atoms with Gasteiger partial charge in [0.25, 0.3) is 0 Å². The van der Waals surface area contributed by atoms with Gasteiger partial charge in [0.05, 0.1) is 0 Å². The number of benzene rings is 2. The maximum atomic E-state index is 8.39. The van der Waals surface area contributed by atoms with E-state index in [1.165, 1.54) is 31.5 Å². The molecule has 0 fully saturated rings. The highest BCUT2D eigenvalue weighted by atomic mass is 14.2. The number of hydrogen-bond acceptors (Lipinski definition) is 0. The van der Waals surface area contributed by atoms with E-state index in [-0.39, 0.29) is 24.0 Å². The molecule has 0 aliphatic carbocycles. The molecule has 0 bridgehead atoms. The second-order valence-electron chi connectivity index (χ2n) is 10.9. The van der Waals surface area contributed by atoms with E-state index in [9.17, 15) is 0 Å². The van der Waals surface area contributed by atoms with E-state index in [1.54, 1.807) is 20.8 Å². The Labute approximate surface area is 230 Å². The molecule has 0 amide bonds. The van der Waals surface area contributed by atoms with Crippen molar-refractivity contribution in [2.24, 2.45) is 0 Å². The third-order valence-electron chi connectivity index (χ3n) is 6.14. The summed E-state index contributed by atoms with van der Waals surface area (Å²) in [6, 6.07) is 7.27. The lowest BCUT2D eigenvalue weighted by Crippen LogP contribution is -2.14. The van der Waals surface area contributed by atoms with Gasteiger partial charge in [-0.2, -0.15) is 0 Å². The summed E-state index contributed by atoms with van der Waals surface area (Å²) >= 11 is 0. The van der Waals surface area contributed by atoms with E-state index in [0.717, 1.165) is 16.7 Å². The number of hydrogen-bond donors (Lipinski definition) is 0. The van der Waals surface area contributed by atoms with Gasteiger partial charge in [0.2, 0.25) is 0 Å². The molecule has 0 N–H and O–H groups in total. The minimum absolute atomic E-state index is 0. The molecule has 2 atom stereocenters. The Bertz CT molecular complexity index is 1230. The first-order chi connectivity index (χ1) is 19.0. The summed E-state index contributed by atoms with van der Waals surface area (Å²) in [4.78, 5) is 0. The lowest BCUT2D eigenvalue weighted by atomic mass is 9.80. The second kappa shape index (κ2) is 12.9. The monoisotopic (exact) mass is 478 g/mol. The molecule has 0 saturated carbocycles. The quantitative estimate of drug-likeness (QED) is 0.401. The van der Waals surface area contributed by atoms with E-state index in [2.05, 4.69) is 32.9 Å². The molecule has 0 aromatic heterocycles. The van der Waals surface area contributed by atoms with E-state index in [4.69, 9.17) is 15.1 Å². The molecule has 0 aliphatic rings. The normalized spacial score (nSPS) is 21.7. The summed E-state index contributed by atoms with van der Waals surface area (Å²) in [5.41, 5.74) is 5.35. The number of rotatable bonds is 5. The van der Waals surface area contributed by atoms with Crippen LogP contribution in [0.4, 0.5) is 0 Å². The van der Waals surface area contributed by atoms with Crippen molar-refractivity contribution in [3.05, 3.63) is 68.8 Å². The third-order valence-corrected chi connectivity index (χ3v) is 6.14. The van der Waals surface area contributed by atoms with Gasteiger partial charge in [-0.05, 0) is 93.2 Å². The summed E-state index contributed by atoms with van der Waals surface area (Å²) in [6.07, 6.45) is 0. The van der Waals surface area contributed by atoms with E-state index in [1.807, 2.05) is 34.6 Å². The Balaban J connectivity index is 0.000000872. The molecule has 0 saturated heterocycles. The molecule has 2 unspecified atom stereocenters. The van der Waals surface area contributed by atoms with Crippen molar-refractivity contribution in [1.82, 2.24) is 0 Å². The van der Waals surface area contributed by atoms with Gasteiger partial charge in [-0.3, -0.25) is 0 Å². The van der Waals surface area contributed by atoms with Gasteiger partial charge in [0.1, 0.15) is 0 Å². The van der Waals surface area contributed by atoms with Crippen molar-refractivity contribution in [3.8, 4) is 0 Å². The predicted octanol–water partition coefficient (Wildman–Crippen LogP) is 11.5. The summed E-state index contributed by atoms with van der Waals surface area (Å²) in [7, 11) is 0. The Morgan fingerprint density at radius 1 is 0.588 bits per heavy atom. The van der Waals surface area contributed by atoms with Crippen LogP contribution in [0.25, 0.3) is 0 Å². The Kier molecular flexibility index (Phi) is 6.78. The van der Waals surface area contributed by atoms with Crippen LogP contribution in [0.5, 0.6) is 0 Å². The highest BCUT2D eigenvalue weighted by Gasteiger charge is 2.19. The van der Waals surface area contributed by atoms with Crippen LogP contribution in [0.3, 0.4) is 0 Å². The largest absolute Gasteiger partial charge is 0.0776 e. The predicted molar refractivity (Wildman–Crippen MR) is 158 cm³/mol. The van der Waals surface area contributed by atoms with Crippen LogP contribution in [0.1, 0.15) is 186 Å². The molecule has 0 aliphatic heterocycles. The molecule has 0 heterocycles. The zero-order valence-corrected chi connectivity index (χ0v) is 23.3.